The molecule has 7 heteroatoms. The molecule has 5 aromatic rings. The van der Waals surface area contributed by atoms with Gasteiger partial charge in [-0.05, 0) is 128 Å². The van der Waals surface area contributed by atoms with Gasteiger partial charge in [0, 0.05) is 25.2 Å². The van der Waals surface area contributed by atoms with Crippen LogP contribution in [0.5, 0.6) is 0 Å². The number of aromatic nitrogens is 2. The molecular weight excluding hydrogens is 645 g/mol. The van der Waals surface area contributed by atoms with Gasteiger partial charge in [-0.3, -0.25) is 19.1 Å². The van der Waals surface area contributed by atoms with E-state index in [9.17, 15) is 9.59 Å². The van der Waals surface area contributed by atoms with Gasteiger partial charge in [-0.25, -0.2) is 9.78 Å². The number of rotatable bonds is 10. The number of amides is 1. The van der Waals surface area contributed by atoms with Gasteiger partial charge in [-0.1, -0.05) is 73.3 Å². The Hall–Kier alpha value is -5.56. The fourth-order valence-electron chi connectivity index (χ4n) is 7.31. The number of hydrogen-bond acceptors (Lipinski definition) is 5. The van der Waals surface area contributed by atoms with Crippen molar-refractivity contribution < 1.29 is 9.53 Å². The SMILES string of the molecule is C=CCC/C(CN(C(=O)OC(C)(C)C)C1CCc2cc(-c3cccc(-c4cccc(-c5ccn6c(=O)c(C=C)cnc6c5)c4C)c3C)ccc21)=N\C. The molecule has 1 aliphatic rings. The standard InChI is InChI=1S/C45H48N4O3/c1-9-11-14-35(46-8)28-49(44(51)52-45(5,6)7)41-22-20-33-25-32(19-21-40(33)41)36-15-12-17-38(29(36)3)39-18-13-16-37(30(39)4)34-23-24-48-42(26-34)47-27-31(10-2)43(48)50/h9-10,12-13,15-19,21,23-27,41H,1-2,11,14,20,22,28H2,3-8H3/b46-35+. The van der Waals surface area contributed by atoms with Crippen LogP contribution in [0.1, 0.15) is 73.9 Å². The van der Waals surface area contributed by atoms with E-state index in [0.29, 0.717) is 17.8 Å². The predicted molar refractivity (Wildman–Crippen MR) is 214 cm³/mol. The highest BCUT2D eigenvalue weighted by molar-refractivity contribution is 5.89. The lowest BCUT2D eigenvalue weighted by Gasteiger charge is -2.32. The smallest absolute Gasteiger partial charge is 0.411 e. The summed E-state index contributed by atoms with van der Waals surface area (Å²) < 4.78 is 7.47. The fraction of sp³-hybridized carbons (Fsp3) is 0.289. The molecule has 0 radical (unpaired) electrons. The summed E-state index contributed by atoms with van der Waals surface area (Å²) in [5, 5.41) is 0. The summed E-state index contributed by atoms with van der Waals surface area (Å²) in [6.45, 7) is 18.1. The van der Waals surface area contributed by atoms with Crippen molar-refractivity contribution in [3.63, 3.8) is 0 Å². The Bertz CT molecular complexity index is 2270. The number of carbonyl (C=O) groups is 1. The maximum absolute atomic E-state index is 13.6. The minimum Gasteiger partial charge on any atom is -0.444 e. The van der Waals surface area contributed by atoms with Crippen molar-refractivity contribution >= 4 is 23.5 Å². The Labute approximate surface area is 307 Å². The predicted octanol–water partition coefficient (Wildman–Crippen LogP) is 10.2. The van der Waals surface area contributed by atoms with Gasteiger partial charge < -0.3 is 4.74 Å². The molecule has 52 heavy (non-hydrogen) atoms. The third-order valence-electron chi connectivity index (χ3n) is 10.0. The number of aliphatic imine (C=N–C) groups is 1. The van der Waals surface area contributed by atoms with Gasteiger partial charge in [0.15, 0.2) is 0 Å². The molecule has 6 rings (SSSR count). The molecule has 1 aliphatic carbocycles. The molecule has 0 saturated heterocycles. The lowest BCUT2D eigenvalue weighted by Crippen LogP contribution is -2.41. The maximum Gasteiger partial charge on any atom is 0.411 e. The van der Waals surface area contributed by atoms with Crippen LogP contribution in [-0.4, -0.2) is 45.3 Å². The summed E-state index contributed by atoms with van der Waals surface area (Å²) in [6, 6.07) is 23.4. The van der Waals surface area contributed by atoms with Gasteiger partial charge in [0.2, 0.25) is 0 Å². The average Bonchev–Trinajstić information content (AvgIpc) is 3.54. The lowest BCUT2D eigenvalue weighted by molar-refractivity contribution is 0.0194. The van der Waals surface area contributed by atoms with Crippen LogP contribution in [-0.2, 0) is 11.2 Å². The number of fused-ring (bicyclic) bond motifs is 2. The first kappa shape index (κ1) is 36.2. The first-order valence-corrected chi connectivity index (χ1v) is 18.0. The number of nitrogens with zero attached hydrogens (tertiary/aromatic N) is 4. The van der Waals surface area contributed by atoms with Gasteiger partial charge in [0.05, 0.1) is 18.2 Å². The van der Waals surface area contributed by atoms with Crippen molar-refractivity contribution in [3.05, 3.63) is 137 Å². The molecule has 2 aromatic heterocycles. The summed E-state index contributed by atoms with van der Waals surface area (Å²) in [5.74, 6) is 0. The van der Waals surface area contributed by atoms with Gasteiger partial charge in [-0.2, -0.15) is 0 Å². The van der Waals surface area contributed by atoms with Crippen LogP contribution in [0, 0.1) is 13.8 Å². The van der Waals surface area contributed by atoms with E-state index in [-0.39, 0.29) is 17.7 Å². The Morgan fingerprint density at radius 1 is 0.981 bits per heavy atom. The van der Waals surface area contributed by atoms with E-state index in [1.165, 1.54) is 33.9 Å². The van der Waals surface area contributed by atoms with E-state index < -0.39 is 5.60 Å². The molecule has 266 valence electrons. The maximum atomic E-state index is 13.6. The Balaban J connectivity index is 1.33. The summed E-state index contributed by atoms with van der Waals surface area (Å²) >= 11 is 0. The van der Waals surface area contributed by atoms with Crippen LogP contribution in [0.25, 0.3) is 45.1 Å². The van der Waals surface area contributed by atoms with Crippen LogP contribution in [0.2, 0.25) is 0 Å². The second-order valence-electron chi connectivity index (χ2n) is 14.5. The van der Waals surface area contributed by atoms with Crippen molar-refractivity contribution in [2.24, 2.45) is 4.99 Å². The van der Waals surface area contributed by atoms with Crippen molar-refractivity contribution in [2.45, 2.75) is 71.9 Å². The van der Waals surface area contributed by atoms with Gasteiger partial charge >= 0.3 is 6.09 Å². The summed E-state index contributed by atoms with van der Waals surface area (Å²) in [7, 11) is 1.79. The van der Waals surface area contributed by atoms with Crippen molar-refractivity contribution in [1.82, 2.24) is 14.3 Å². The first-order chi connectivity index (χ1) is 24.9. The second-order valence-corrected chi connectivity index (χ2v) is 14.5. The third kappa shape index (κ3) is 7.26. The molecule has 1 amide bonds. The van der Waals surface area contributed by atoms with Crippen molar-refractivity contribution in [2.75, 3.05) is 13.6 Å². The molecule has 0 spiro atoms. The topological polar surface area (TPSA) is 76.3 Å². The molecule has 7 nitrogen and oxygen atoms in total. The van der Waals surface area contributed by atoms with Crippen LogP contribution in [0.15, 0.2) is 108 Å². The largest absolute Gasteiger partial charge is 0.444 e. The normalized spacial score (nSPS) is 14.3. The number of hydrogen-bond donors (Lipinski definition) is 0. The number of pyridine rings is 1. The first-order valence-electron chi connectivity index (χ1n) is 18.0. The zero-order valence-electron chi connectivity index (χ0n) is 31.2. The van der Waals surface area contributed by atoms with Crippen molar-refractivity contribution in [1.29, 1.82) is 0 Å². The second kappa shape index (κ2) is 15.0. The van der Waals surface area contributed by atoms with Crippen molar-refractivity contribution in [3.8, 4) is 33.4 Å². The number of benzene rings is 3. The molecular formula is C45H48N4O3. The molecule has 0 saturated carbocycles. The zero-order valence-corrected chi connectivity index (χ0v) is 31.2. The van der Waals surface area contributed by atoms with E-state index in [1.54, 1.807) is 23.8 Å². The molecule has 0 bridgehead atoms. The number of allylic oxidation sites excluding steroid dienone is 1. The molecule has 0 aliphatic heterocycles. The summed E-state index contributed by atoms with van der Waals surface area (Å²) in [6.07, 6.45) is 9.74. The van der Waals surface area contributed by atoms with E-state index in [0.717, 1.165) is 59.2 Å². The Kier molecular flexibility index (Phi) is 10.4. The number of aryl methyl sites for hydroxylation is 1. The third-order valence-corrected chi connectivity index (χ3v) is 10.0. The highest BCUT2D eigenvalue weighted by atomic mass is 16.6. The lowest BCUT2D eigenvalue weighted by atomic mass is 9.87. The van der Waals surface area contributed by atoms with E-state index in [1.807, 2.05) is 43.9 Å². The minimum absolute atomic E-state index is 0.0924. The minimum atomic E-state index is -0.602. The molecule has 1 unspecified atom stereocenters. The van der Waals surface area contributed by atoms with Crippen LogP contribution >= 0.6 is 0 Å². The van der Waals surface area contributed by atoms with Crippen LogP contribution in [0.3, 0.4) is 0 Å². The zero-order chi connectivity index (χ0) is 37.2. The van der Waals surface area contributed by atoms with Gasteiger partial charge in [0.25, 0.3) is 5.56 Å². The van der Waals surface area contributed by atoms with Crippen LogP contribution in [0.4, 0.5) is 4.79 Å². The molecule has 0 N–H and O–H groups in total. The highest BCUT2D eigenvalue weighted by Gasteiger charge is 2.34. The van der Waals surface area contributed by atoms with Gasteiger partial charge in [-0.15, -0.1) is 6.58 Å². The molecule has 1 atom stereocenters. The monoisotopic (exact) mass is 692 g/mol. The Morgan fingerprint density at radius 3 is 2.25 bits per heavy atom. The molecule has 3 aromatic carbocycles. The van der Waals surface area contributed by atoms with Gasteiger partial charge in [0.1, 0.15) is 11.2 Å². The van der Waals surface area contributed by atoms with Crippen LogP contribution < -0.4 is 5.56 Å². The van der Waals surface area contributed by atoms with E-state index >= 15 is 0 Å². The quantitative estimate of drug-likeness (QED) is 0.108. The fourth-order valence-corrected chi connectivity index (χ4v) is 7.31. The van der Waals surface area contributed by atoms with E-state index in [2.05, 4.69) is 91.6 Å². The highest BCUT2D eigenvalue weighted by Crippen LogP contribution is 2.41. The number of carbonyl (C=O) groups excluding carboxylic acids is 1. The number of ether oxygens (including phenoxy) is 1. The molecule has 0 fully saturated rings. The Morgan fingerprint density at radius 2 is 1.63 bits per heavy atom. The molecule has 2 heterocycles. The summed E-state index contributed by atoms with van der Waals surface area (Å²) in [5.41, 5.74) is 12.8. The average molecular weight is 693 g/mol. The van der Waals surface area contributed by atoms with E-state index in [4.69, 9.17) is 4.74 Å². The summed E-state index contributed by atoms with van der Waals surface area (Å²) in [4.78, 5) is 37.3.